The van der Waals surface area contributed by atoms with E-state index >= 15 is 0 Å². The second-order valence-corrected chi connectivity index (χ2v) is 6.98. The van der Waals surface area contributed by atoms with Crippen molar-refractivity contribution in [3.8, 4) is 5.75 Å². The third-order valence-electron chi connectivity index (χ3n) is 4.59. The summed E-state index contributed by atoms with van der Waals surface area (Å²) in [5.41, 5.74) is 2.35. The van der Waals surface area contributed by atoms with E-state index in [9.17, 15) is 4.79 Å². The summed E-state index contributed by atoms with van der Waals surface area (Å²) in [7, 11) is 0. The van der Waals surface area contributed by atoms with Gasteiger partial charge < -0.3 is 18.8 Å². The molecule has 6 nitrogen and oxygen atoms in total. The number of carbonyl (C=O) groups excluding carboxylic acids is 1. The van der Waals surface area contributed by atoms with Crippen molar-refractivity contribution in [2.75, 3.05) is 13.1 Å². The van der Waals surface area contributed by atoms with Gasteiger partial charge >= 0.3 is 0 Å². The highest BCUT2D eigenvalue weighted by molar-refractivity contribution is 5.94. The first-order valence-corrected chi connectivity index (χ1v) is 9.19. The predicted octanol–water partition coefficient (Wildman–Crippen LogP) is 3.16. The monoisotopic (exact) mass is 365 g/mol. The molecular weight excluding hydrogens is 342 g/mol. The van der Waals surface area contributed by atoms with Crippen LogP contribution in [-0.4, -0.2) is 45.5 Å². The molecule has 0 unspecified atom stereocenters. The van der Waals surface area contributed by atoms with Crippen molar-refractivity contribution in [2.24, 2.45) is 0 Å². The lowest BCUT2D eigenvalue weighted by Crippen LogP contribution is -2.48. The molecule has 2 atom stereocenters. The smallest absolute Gasteiger partial charge is 0.254 e. The summed E-state index contributed by atoms with van der Waals surface area (Å²) in [5.74, 6) is 0.669. The average Bonchev–Trinajstić information content (AvgIpc) is 3.08. The molecule has 1 aliphatic rings. The molecular formula is C21H23N3O3. The molecule has 0 N–H and O–H groups in total. The molecule has 140 valence electrons. The molecule has 1 amide bonds. The van der Waals surface area contributed by atoms with Crippen LogP contribution >= 0.6 is 0 Å². The van der Waals surface area contributed by atoms with Crippen LogP contribution in [0.1, 0.15) is 29.9 Å². The highest BCUT2D eigenvalue weighted by atomic mass is 16.5. The highest BCUT2D eigenvalue weighted by Gasteiger charge is 2.26. The van der Waals surface area contributed by atoms with E-state index in [-0.39, 0.29) is 18.1 Å². The maximum atomic E-state index is 12.8. The Morgan fingerprint density at radius 2 is 2.00 bits per heavy atom. The van der Waals surface area contributed by atoms with Crippen molar-refractivity contribution < 1.29 is 14.3 Å². The zero-order valence-electron chi connectivity index (χ0n) is 15.5. The van der Waals surface area contributed by atoms with E-state index in [2.05, 4.69) is 4.98 Å². The Balaban J connectivity index is 1.44. The van der Waals surface area contributed by atoms with E-state index in [1.54, 1.807) is 6.07 Å². The van der Waals surface area contributed by atoms with Crippen molar-refractivity contribution in [3.05, 3.63) is 66.1 Å². The van der Waals surface area contributed by atoms with Crippen LogP contribution in [0.15, 0.2) is 54.9 Å². The molecule has 27 heavy (non-hydrogen) atoms. The lowest BCUT2D eigenvalue weighted by atomic mass is 10.1. The number of ether oxygens (including phenoxy) is 2. The molecule has 1 saturated heterocycles. The standard InChI is InChI=1S/C21H23N3O3/c1-15-11-24(12-16(2)27-15)21(25)17-6-5-7-19(10-17)26-14-18-13-23-9-4-3-8-20(23)22-18/h3-10,13,15-16H,11-12,14H2,1-2H3/t15-,16-/m0/s1. The molecule has 0 saturated carbocycles. The minimum atomic E-state index is 0.00943. The molecule has 2 aromatic heterocycles. The molecule has 0 spiro atoms. The van der Waals surface area contributed by atoms with Crippen LogP contribution in [0, 0.1) is 0 Å². The van der Waals surface area contributed by atoms with Gasteiger partial charge in [-0.05, 0) is 44.2 Å². The van der Waals surface area contributed by atoms with Gasteiger partial charge in [0, 0.05) is 31.0 Å². The maximum Gasteiger partial charge on any atom is 0.254 e. The van der Waals surface area contributed by atoms with Gasteiger partial charge in [-0.2, -0.15) is 0 Å². The quantitative estimate of drug-likeness (QED) is 0.713. The first-order valence-electron chi connectivity index (χ1n) is 9.19. The first kappa shape index (κ1) is 17.5. The van der Waals surface area contributed by atoms with Gasteiger partial charge in [0.15, 0.2) is 0 Å². The number of hydrogen-bond donors (Lipinski definition) is 0. The second kappa shape index (κ2) is 7.40. The van der Waals surface area contributed by atoms with E-state index in [0.29, 0.717) is 31.0 Å². The third-order valence-corrected chi connectivity index (χ3v) is 4.59. The molecule has 1 aromatic carbocycles. The molecule has 4 rings (SSSR count). The maximum absolute atomic E-state index is 12.8. The highest BCUT2D eigenvalue weighted by Crippen LogP contribution is 2.19. The average molecular weight is 365 g/mol. The van der Waals surface area contributed by atoms with Crippen LogP contribution in [-0.2, 0) is 11.3 Å². The Morgan fingerprint density at radius 1 is 1.19 bits per heavy atom. The molecule has 0 bridgehead atoms. The molecule has 3 heterocycles. The lowest BCUT2D eigenvalue weighted by Gasteiger charge is -2.35. The van der Waals surface area contributed by atoms with Gasteiger partial charge in [-0.15, -0.1) is 0 Å². The van der Waals surface area contributed by atoms with E-state index in [4.69, 9.17) is 9.47 Å². The minimum absolute atomic E-state index is 0.00943. The normalized spacial score (nSPS) is 20.0. The van der Waals surface area contributed by atoms with E-state index in [1.807, 2.05) is 71.9 Å². The van der Waals surface area contributed by atoms with Gasteiger partial charge in [0.25, 0.3) is 5.91 Å². The Hall–Kier alpha value is -2.86. The summed E-state index contributed by atoms with van der Waals surface area (Å²) in [4.78, 5) is 19.2. The second-order valence-electron chi connectivity index (χ2n) is 6.98. The fraction of sp³-hybridized carbons (Fsp3) is 0.333. The predicted molar refractivity (Wildman–Crippen MR) is 102 cm³/mol. The van der Waals surface area contributed by atoms with Crippen molar-refractivity contribution in [1.29, 1.82) is 0 Å². The Morgan fingerprint density at radius 3 is 2.78 bits per heavy atom. The summed E-state index contributed by atoms with van der Waals surface area (Å²) < 4.78 is 13.5. The molecule has 0 radical (unpaired) electrons. The summed E-state index contributed by atoms with van der Waals surface area (Å²) in [6, 6.07) is 13.2. The van der Waals surface area contributed by atoms with Crippen LogP contribution in [0.4, 0.5) is 0 Å². The number of pyridine rings is 1. The van der Waals surface area contributed by atoms with Crippen LogP contribution < -0.4 is 4.74 Å². The number of carbonyl (C=O) groups is 1. The van der Waals surface area contributed by atoms with Crippen LogP contribution in [0.5, 0.6) is 5.75 Å². The van der Waals surface area contributed by atoms with Gasteiger partial charge in [-0.1, -0.05) is 12.1 Å². The summed E-state index contributed by atoms with van der Waals surface area (Å²) in [6.07, 6.45) is 4.00. The number of amides is 1. The number of nitrogens with zero attached hydrogens (tertiary/aromatic N) is 3. The van der Waals surface area contributed by atoms with Crippen LogP contribution in [0.25, 0.3) is 5.65 Å². The van der Waals surface area contributed by atoms with Crippen molar-refractivity contribution >= 4 is 11.6 Å². The van der Waals surface area contributed by atoms with Crippen LogP contribution in [0.3, 0.4) is 0 Å². The van der Waals surface area contributed by atoms with Crippen molar-refractivity contribution in [1.82, 2.24) is 14.3 Å². The van der Waals surface area contributed by atoms with Crippen molar-refractivity contribution in [2.45, 2.75) is 32.7 Å². The van der Waals surface area contributed by atoms with Gasteiger partial charge in [0.2, 0.25) is 0 Å². The molecule has 3 aromatic rings. The molecule has 0 aliphatic carbocycles. The summed E-state index contributed by atoms with van der Waals surface area (Å²) >= 11 is 0. The lowest BCUT2D eigenvalue weighted by molar-refractivity contribution is -0.0586. The summed E-state index contributed by atoms with van der Waals surface area (Å²) in [5, 5.41) is 0. The molecule has 1 fully saturated rings. The number of aromatic nitrogens is 2. The number of fused-ring (bicyclic) bond motifs is 1. The number of morpholine rings is 1. The zero-order chi connectivity index (χ0) is 18.8. The zero-order valence-corrected chi connectivity index (χ0v) is 15.5. The Bertz CT molecular complexity index is 910. The van der Waals surface area contributed by atoms with Gasteiger partial charge in [0.05, 0.1) is 17.9 Å². The van der Waals surface area contributed by atoms with Crippen LogP contribution in [0.2, 0.25) is 0 Å². The third kappa shape index (κ3) is 3.95. The Labute approximate surface area is 158 Å². The van der Waals surface area contributed by atoms with Crippen molar-refractivity contribution in [3.63, 3.8) is 0 Å². The fourth-order valence-corrected chi connectivity index (χ4v) is 3.46. The van der Waals surface area contributed by atoms with E-state index in [0.717, 1.165) is 11.3 Å². The van der Waals surface area contributed by atoms with Gasteiger partial charge in [-0.3, -0.25) is 4.79 Å². The van der Waals surface area contributed by atoms with Gasteiger partial charge in [-0.25, -0.2) is 4.98 Å². The Kier molecular flexibility index (Phi) is 4.81. The topological polar surface area (TPSA) is 56.1 Å². The number of rotatable bonds is 4. The SMILES string of the molecule is C[C@H]1CN(C(=O)c2cccc(OCc3cn4ccccc4n3)c2)C[C@H](C)O1. The number of imidazole rings is 1. The van der Waals surface area contributed by atoms with E-state index < -0.39 is 0 Å². The summed E-state index contributed by atoms with van der Waals surface area (Å²) in [6.45, 7) is 5.55. The number of benzene rings is 1. The fourth-order valence-electron chi connectivity index (χ4n) is 3.46. The molecule has 6 heteroatoms. The number of hydrogen-bond acceptors (Lipinski definition) is 4. The minimum Gasteiger partial charge on any atom is -0.487 e. The van der Waals surface area contributed by atoms with E-state index in [1.165, 1.54) is 0 Å². The first-order chi connectivity index (χ1) is 13.1. The van der Waals surface area contributed by atoms with Gasteiger partial charge in [0.1, 0.15) is 18.0 Å². The molecule has 1 aliphatic heterocycles. The largest absolute Gasteiger partial charge is 0.487 e.